The van der Waals surface area contributed by atoms with E-state index in [0.717, 1.165) is 31.6 Å². The second kappa shape index (κ2) is 5.72. The first-order chi connectivity index (χ1) is 11.6. The molecule has 0 bridgehead atoms. The number of hydrogen-bond acceptors (Lipinski definition) is 6. The van der Waals surface area contributed by atoms with Gasteiger partial charge in [0.15, 0.2) is 11.5 Å². The van der Waals surface area contributed by atoms with E-state index in [1.165, 1.54) is 12.8 Å². The highest BCUT2D eigenvalue weighted by Gasteiger charge is 2.46. The number of piperidine rings is 1. The van der Waals surface area contributed by atoms with Crippen LogP contribution in [-0.4, -0.2) is 39.2 Å². The number of likely N-dealkylation sites (tertiary alicyclic amines) is 1. The highest BCUT2D eigenvalue weighted by molar-refractivity contribution is 5.92. The van der Waals surface area contributed by atoms with Gasteiger partial charge in [-0.15, -0.1) is 0 Å². The molecule has 1 saturated carbocycles. The van der Waals surface area contributed by atoms with Gasteiger partial charge in [0, 0.05) is 26.1 Å². The van der Waals surface area contributed by atoms with Gasteiger partial charge < -0.3 is 13.9 Å². The van der Waals surface area contributed by atoms with Crippen molar-refractivity contribution in [1.82, 2.24) is 20.2 Å². The van der Waals surface area contributed by atoms with Crippen molar-refractivity contribution in [2.24, 2.45) is 5.92 Å². The van der Waals surface area contributed by atoms with Crippen LogP contribution in [0.5, 0.6) is 0 Å². The van der Waals surface area contributed by atoms with Crippen LogP contribution < -0.4 is 0 Å². The molecule has 128 valence electrons. The minimum Gasteiger partial charge on any atom is -0.361 e. The second-order valence-corrected chi connectivity index (χ2v) is 7.22. The molecule has 1 aliphatic heterocycles. The van der Waals surface area contributed by atoms with Crippen LogP contribution in [0, 0.1) is 19.8 Å². The Kier molecular flexibility index (Phi) is 3.66. The van der Waals surface area contributed by atoms with Gasteiger partial charge in [0.2, 0.25) is 5.89 Å². The van der Waals surface area contributed by atoms with Crippen LogP contribution in [0.1, 0.15) is 60.1 Å². The van der Waals surface area contributed by atoms with E-state index in [4.69, 9.17) is 9.05 Å². The zero-order chi connectivity index (χ0) is 16.7. The van der Waals surface area contributed by atoms with Crippen LogP contribution in [0.3, 0.4) is 0 Å². The molecule has 2 aliphatic rings. The van der Waals surface area contributed by atoms with Crippen molar-refractivity contribution < 1.29 is 13.8 Å². The van der Waals surface area contributed by atoms with Gasteiger partial charge in [-0.25, -0.2) is 0 Å². The predicted octanol–water partition coefficient (Wildman–Crippen LogP) is 2.65. The fraction of sp³-hybridized carbons (Fsp3) is 0.647. The Morgan fingerprint density at radius 2 is 2.17 bits per heavy atom. The summed E-state index contributed by atoms with van der Waals surface area (Å²) in [4.78, 5) is 19.2. The fourth-order valence-electron chi connectivity index (χ4n) is 3.76. The summed E-state index contributed by atoms with van der Waals surface area (Å²) < 4.78 is 10.3. The number of amides is 1. The van der Waals surface area contributed by atoms with Crippen molar-refractivity contribution in [3.05, 3.63) is 29.2 Å². The molecule has 0 spiro atoms. The average Bonchev–Trinajstić information content (AvgIpc) is 3.08. The zero-order valence-corrected chi connectivity index (χ0v) is 14.1. The Labute approximate surface area is 140 Å². The Bertz CT molecular complexity index is 749. The summed E-state index contributed by atoms with van der Waals surface area (Å²) >= 11 is 0. The molecule has 1 saturated heterocycles. The van der Waals surface area contributed by atoms with Crippen molar-refractivity contribution >= 4 is 5.91 Å². The molecule has 3 heterocycles. The molecule has 7 heteroatoms. The molecule has 24 heavy (non-hydrogen) atoms. The quantitative estimate of drug-likeness (QED) is 0.856. The van der Waals surface area contributed by atoms with Gasteiger partial charge in [0.05, 0.1) is 5.41 Å². The lowest BCUT2D eigenvalue weighted by atomic mass is 9.74. The lowest BCUT2D eigenvalue weighted by molar-refractivity contribution is 0.0597. The molecule has 1 aliphatic carbocycles. The van der Waals surface area contributed by atoms with Gasteiger partial charge in [-0.2, -0.15) is 4.98 Å². The van der Waals surface area contributed by atoms with E-state index in [9.17, 15) is 4.79 Å². The summed E-state index contributed by atoms with van der Waals surface area (Å²) in [5, 5.41) is 8.08. The first-order valence-electron chi connectivity index (χ1n) is 8.59. The maximum Gasteiger partial charge on any atom is 0.276 e. The molecule has 0 N–H and O–H groups in total. The van der Waals surface area contributed by atoms with Gasteiger partial charge >= 0.3 is 0 Å². The Morgan fingerprint density at radius 1 is 1.33 bits per heavy atom. The highest BCUT2D eigenvalue weighted by atomic mass is 16.5. The lowest BCUT2D eigenvalue weighted by Crippen LogP contribution is -2.49. The van der Waals surface area contributed by atoms with E-state index < -0.39 is 0 Å². The number of rotatable bonds is 4. The minimum absolute atomic E-state index is 0.0769. The maximum absolute atomic E-state index is 12.8. The second-order valence-electron chi connectivity index (χ2n) is 7.22. The highest BCUT2D eigenvalue weighted by Crippen LogP contribution is 2.45. The van der Waals surface area contributed by atoms with Crippen molar-refractivity contribution in [3.8, 4) is 0 Å². The molecule has 0 radical (unpaired) electrons. The summed E-state index contributed by atoms with van der Waals surface area (Å²) in [5.41, 5.74) is 0.171. The van der Waals surface area contributed by atoms with E-state index in [-0.39, 0.29) is 11.3 Å². The molecule has 7 nitrogen and oxygen atoms in total. The molecule has 2 aromatic heterocycles. The molecule has 1 atom stereocenters. The lowest BCUT2D eigenvalue weighted by Gasteiger charge is -2.40. The van der Waals surface area contributed by atoms with E-state index in [0.29, 0.717) is 29.8 Å². The third kappa shape index (κ3) is 2.83. The van der Waals surface area contributed by atoms with E-state index >= 15 is 0 Å². The average molecular weight is 330 g/mol. The molecular formula is C17H22N4O3. The number of aromatic nitrogens is 3. The summed E-state index contributed by atoms with van der Waals surface area (Å²) in [6, 6.07) is 1.69. The van der Waals surface area contributed by atoms with Crippen LogP contribution in [0.15, 0.2) is 15.1 Å². The van der Waals surface area contributed by atoms with E-state index in [1.54, 1.807) is 13.0 Å². The molecule has 2 aromatic rings. The first-order valence-corrected chi connectivity index (χ1v) is 8.59. The Hall–Kier alpha value is -2.18. The molecule has 1 unspecified atom stereocenters. The Balaban J connectivity index is 1.61. The van der Waals surface area contributed by atoms with Gasteiger partial charge in [0.25, 0.3) is 5.91 Å². The number of carbonyl (C=O) groups excluding carboxylic acids is 1. The van der Waals surface area contributed by atoms with Crippen LogP contribution >= 0.6 is 0 Å². The van der Waals surface area contributed by atoms with E-state index in [2.05, 4.69) is 15.3 Å². The number of aryl methyl sites for hydroxylation is 2. The van der Waals surface area contributed by atoms with Crippen molar-refractivity contribution in [3.63, 3.8) is 0 Å². The van der Waals surface area contributed by atoms with E-state index in [1.807, 2.05) is 11.8 Å². The predicted molar refractivity (Wildman–Crippen MR) is 84.4 cm³/mol. The number of nitrogens with zero attached hydrogens (tertiary/aromatic N) is 4. The summed E-state index contributed by atoms with van der Waals surface area (Å²) in [6.07, 6.45) is 5.46. The molecule has 0 aromatic carbocycles. The third-order valence-electron chi connectivity index (χ3n) is 5.09. The maximum atomic E-state index is 12.8. The largest absolute Gasteiger partial charge is 0.361 e. The van der Waals surface area contributed by atoms with Crippen LogP contribution in [0.2, 0.25) is 0 Å². The van der Waals surface area contributed by atoms with Gasteiger partial charge in [-0.1, -0.05) is 23.2 Å². The fourth-order valence-corrected chi connectivity index (χ4v) is 3.76. The topological polar surface area (TPSA) is 85.3 Å². The minimum atomic E-state index is -0.203. The van der Waals surface area contributed by atoms with Crippen LogP contribution in [0.4, 0.5) is 0 Å². The summed E-state index contributed by atoms with van der Waals surface area (Å²) in [6.45, 7) is 4.95. The zero-order valence-electron chi connectivity index (χ0n) is 14.1. The molecule has 2 fully saturated rings. The van der Waals surface area contributed by atoms with Crippen LogP contribution in [0.25, 0.3) is 0 Å². The SMILES string of the molecule is Cc1cc(C(=O)N2CCCC(CC3CC3)(c3noc(C)n3)C2)no1. The molecular weight excluding hydrogens is 308 g/mol. The summed E-state index contributed by atoms with van der Waals surface area (Å²) in [5.74, 6) is 2.62. The Morgan fingerprint density at radius 3 is 2.79 bits per heavy atom. The number of hydrogen-bond donors (Lipinski definition) is 0. The van der Waals surface area contributed by atoms with Crippen LogP contribution in [-0.2, 0) is 5.41 Å². The number of carbonyl (C=O) groups is 1. The smallest absolute Gasteiger partial charge is 0.276 e. The standard InChI is InChI=1S/C17H22N4O3/c1-11-8-14(19-23-11)15(22)21-7-3-6-17(10-21,9-13-4-5-13)16-18-12(2)24-20-16/h8,13H,3-7,9-10H2,1-2H3. The monoisotopic (exact) mass is 330 g/mol. The van der Waals surface area contributed by atoms with Crippen molar-refractivity contribution in [2.75, 3.05) is 13.1 Å². The van der Waals surface area contributed by atoms with Gasteiger partial charge in [-0.3, -0.25) is 4.79 Å². The van der Waals surface area contributed by atoms with Crippen molar-refractivity contribution in [2.45, 2.75) is 51.4 Å². The molecule has 1 amide bonds. The van der Waals surface area contributed by atoms with Gasteiger partial charge in [-0.05, 0) is 32.1 Å². The third-order valence-corrected chi connectivity index (χ3v) is 5.09. The van der Waals surface area contributed by atoms with Crippen molar-refractivity contribution in [1.29, 1.82) is 0 Å². The normalized spacial score (nSPS) is 24.3. The molecule has 4 rings (SSSR count). The summed E-state index contributed by atoms with van der Waals surface area (Å²) in [7, 11) is 0. The first kappa shape index (κ1) is 15.4. The van der Waals surface area contributed by atoms with Gasteiger partial charge in [0.1, 0.15) is 5.76 Å².